The lowest BCUT2D eigenvalue weighted by atomic mass is 9.89. The van der Waals surface area contributed by atoms with Gasteiger partial charge in [-0.1, -0.05) is 0 Å². The third-order valence-corrected chi connectivity index (χ3v) is 3.78. The zero-order valence-corrected chi connectivity index (χ0v) is 13.0. The van der Waals surface area contributed by atoms with Crippen LogP contribution in [-0.2, 0) is 32.3 Å². The molecule has 0 aliphatic heterocycles. The third-order valence-electron chi connectivity index (χ3n) is 3.78. The van der Waals surface area contributed by atoms with Crippen LogP contribution in [0.5, 0.6) is 0 Å². The maximum Gasteiger partial charge on any atom is 0.302 e. The number of carbonyl (C=O) groups excluding carboxylic acids is 2. The van der Waals surface area contributed by atoms with Crippen LogP contribution in [-0.4, -0.2) is 11.9 Å². The van der Waals surface area contributed by atoms with Crippen LogP contribution >= 0.6 is 0 Å². The highest BCUT2D eigenvalue weighted by atomic mass is 16.5. The highest BCUT2D eigenvalue weighted by molar-refractivity contribution is 5.66. The highest BCUT2D eigenvalue weighted by Crippen LogP contribution is 2.28. The molecule has 20 heavy (non-hydrogen) atoms. The molecule has 0 saturated heterocycles. The summed E-state index contributed by atoms with van der Waals surface area (Å²) in [5, 5.41) is 0. The predicted molar refractivity (Wildman–Crippen MR) is 76.3 cm³/mol. The highest BCUT2D eigenvalue weighted by Gasteiger charge is 2.16. The lowest BCUT2D eigenvalue weighted by molar-refractivity contribution is -0.142. The van der Waals surface area contributed by atoms with Gasteiger partial charge in [-0.2, -0.15) is 0 Å². The average Bonchev–Trinajstić information content (AvgIpc) is 2.35. The first-order valence-corrected chi connectivity index (χ1v) is 6.60. The summed E-state index contributed by atoms with van der Waals surface area (Å²) in [7, 11) is 0. The fraction of sp³-hybridized carbons (Fsp3) is 0.500. The van der Waals surface area contributed by atoms with Crippen molar-refractivity contribution in [3.8, 4) is 0 Å². The molecule has 0 amide bonds. The molecule has 4 heteroatoms. The number of benzene rings is 1. The van der Waals surface area contributed by atoms with Crippen molar-refractivity contribution >= 4 is 11.9 Å². The second-order valence-electron chi connectivity index (χ2n) is 5.02. The van der Waals surface area contributed by atoms with Crippen molar-refractivity contribution in [3.05, 3.63) is 33.4 Å². The van der Waals surface area contributed by atoms with Crippen molar-refractivity contribution in [1.29, 1.82) is 0 Å². The minimum absolute atomic E-state index is 0.251. The van der Waals surface area contributed by atoms with Crippen molar-refractivity contribution in [1.82, 2.24) is 0 Å². The maximum atomic E-state index is 11.0. The van der Waals surface area contributed by atoms with E-state index in [4.69, 9.17) is 9.47 Å². The molecule has 0 N–H and O–H groups in total. The zero-order chi connectivity index (χ0) is 15.4. The SMILES string of the molecule is CC(=O)OCc1c(C)c(C)c(C)c(COC(C)=O)c1C. The van der Waals surface area contributed by atoms with Crippen LogP contribution in [0.4, 0.5) is 0 Å². The number of carbonyl (C=O) groups is 2. The summed E-state index contributed by atoms with van der Waals surface area (Å²) < 4.78 is 10.2. The summed E-state index contributed by atoms with van der Waals surface area (Å²) >= 11 is 0. The van der Waals surface area contributed by atoms with Crippen molar-refractivity contribution in [2.75, 3.05) is 0 Å². The monoisotopic (exact) mass is 278 g/mol. The molecule has 0 unspecified atom stereocenters. The zero-order valence-electron chi connectivity index (χ0n) is 13.0. The Morgan fingerprint density at radius 2 is 1.05 bits per heavy atom. The van der Waals surface area contributed by atoms with Gasteiger partial charge < -0.3 is 9.47 Å². The fourth-order valence-corrected chi connectivity index (χ4v) is 2.26. The maximum absolute atomic E-state index is 11.0. The van der Waals surface area contributed by atoms with E-state index in [9.17, 15) is 9.59 Å². The van der Waals surface area contributed by atoms with E-state index >= 15 is 0 Å². The van der Waals surface area contributed by atoms with Gasteiger partial charge in [0.05, 0.1) is 0 Å². The predicted octanol–water partition coefficient (Wildman–Crippen LogP) is 3.05. The van der Waals surface area contributed by atoms with Gasteiger partial charge in [-0.3, -0.25) is 9.59 Å². The Morgan fingerprint density at radius 3 is 1.35 bits per heavy atom. The molecular weight excluding hydrogens is 256 g/mol. The first-order chi connectivity index (χ1) is 9.25. The third kappa shape index (κ3) is 3.59. The number of rotatable bonds is 4. The molecule has 1 aromatic rings. The second kappa shape index (κ2) is 6.55. The van der Waals surface area contributed by atoms with Gasteiger partial charge in [0, 0.05) is 13.8 Å². The molecule has 0 aliphatic carbocycles. The Kier molecular flexibility index (Phi) is 5.31. The van der Waals surface area contributed by atoms with Crippen molar-refractivity contribution < 1.29 is 19.1 Å². The van der Waals surface area contributed by atoms with E-state index in [1.54, 1.807) is 0 Å². The molecule has 110 valence electrons. The molecule has 0 aromatic heterocycles. The quantitative estimate of drug-likeness (QED) is 0.794. The number of esters is 2. The molecule has 0 heterocycles. The molecule has 1 aromatic carbocycles. The van der Waals surface area contributed by atoms with Crippen LogP contribution in [0.2, 0.25) is 0 Å². The van der Waals surface area contributed by atoms with Crippen LogP contribution in [0.25, 0.3) is 0 Å². The number of hydrogen-bond donors (Lipinski definition) is 0. The van der Waals surface area contributed by atoms with Crippen molar-refractivity contribution in [3.63, 3.8) is 0 Å². The van der Waals surface area contributed by atoms with Crippen molar-refractivity contribution in [2.24, 2.45) is 0 Å². The lowest BCUT2D eigenvalue weighted by Crippen LogP contribution is -2.10. The largest absolute Gasteiger partial charge is 0.461 e. The normalized spacial score (nSPS) is 10.3. The van der Waals surface area contributed by atoms with Gasteiger partial charge in [-0.25, -0.2) is 0 Å². The van der Waals surface area contributed by atoms with Gasteiger partial charge in [0.25, 0.3) is 0 Å². The van der Waals surface area contributed by atoms with E-state index in [1.165, 1.54) is 13.8 Å². The summed E-state index contributed by atoms with van der Waals surface area (Å²) in [5.41, 5.74) is 6.38. The Morgan fingerprint density at radius 1 is 0.700 bits per heavy atom. The topological polar surface area (TPSA) is 52.6 Å². The summed E-state index contributed by atoms with van der Waals surface area (Å²) in [6, 6.07) is 0. The molecule has 0 atom stereocenters. The lowest BCUT2D eigenvalue weighted by Gasteiger charge is -2.20. The molecule has 0 aliphatic rings. The minimum atomic E-state index is -0.302. The Bertz CT molecular complexity index is 499. The van der Waals surface area contributed by atoms with Gasteiger partial charge in [0.2, 0.25) is 0 Å². The number of ether oxygens (including phenoxy) is 2. The van der Waals surface area contributed by atoms with Crippen LogP contribution in [0, 0.1) is 27.7 Å². The van der Waals surface area contributed by atoms with Gasteiger partial charge >= 0.3 is 11.9 Å². The Labute approximate surface area is 120 Å². The van der Waals surface area contributed by atoms with Gasteiger partial charge in [0.15, 0.2) is 0 Å². The molecular formula is C16H22O4. The molecule has 0 bridgehead atoms. The van der Waals surface area contributed by atoms with E-state index in [-0.39, 0.29) is 25.2 Å². The Hall–Kier alpha value is -1.84. The molecule has 0 spiro atoms. The van der Waals surface area contributed by atoms with Gasteiger partial charge in [-0.15, -0.1) is 0 Å². The van der Waals surface area contributed by atoms with Crippen LogP contribution in [0.1, 0.15) is 47.2 Å². The van der Waals surface area contributed by atoms with E-state index < -0.39 is 0 Å². The standard InChI is InChI=1S/C16H22O4/c1-9-10(2)15(7-19-13(5)17)12(4)16(11(9)3)8-20-14(6)18/h7-8H2,1-6H3. The summed E-state index contributed by atoms with van der Waals surface area (Å²) in [6.45, 7) is 11.3. The van der Waals surface area contributed by atoms with Crippen LogP contribution in [0.15, 0.2) is 0 Å². The van der Waals surface area contributed by atoms with E-state index in [2.05, 4.69) is 0 Å². The molecule has 0 radical (unpaired) electrons. The summed E-state index contributed by atoms with van der Waals surface area (Å²) in [6.07, 6.45) is 0. The Balaban J connectivity index is 3.23. The second-order valence-corrected chi connectivity index (χ2v) is 5.02. The van der Waals surface area contributed by atoms with E-state index in [0.29, 0.717) is 0 Å². The molecule has 4 nitrogen and oxygen atoms in total. The van der Waals surface area contributed by atoms with Gasteiger partial charge in [-0.05, 0) is 61.1 Å². The van der Waals surface area contributed by atoms with Crippen LogP contribution < -0.4 is 0 Å². The smallest absolute Gasteiger partial charge is 0.302 e. The van der Waals surface area contributed by atoms with E-state index in [0.717, 1.165) is 33.4 Å². The van der Waals surface area contributed by atoms with Gasteiger partial charge in [0.1, 0.15) is 13.2 Å². The average molecular weight is 278 g/mol. The first-order valence-electron chi connectivity index (χ1n) is 6.60. The summed E-state index contributed by atoms with van der Waals surface area (Å²) in [5.74, 6) is -0.605. The fourth-order valence-electron chi connectivity index (χ4n) is 2.26. The summed E-state index contributed by atoms with van der Waals surface area (Å²) in [4.78, 5) is 22.0. The molecule has 0 saturated carbocycles. The minimum Gasteiger partial charge on any atom is -0.461 e. The van der Waals surface area contributed by atoms with E-state index in [1.807, 2.05) is 27.7 Å². The molecule has 0 fully saturated rings. The number of hydrogen-bond acceptors (Lipinski definition) is 4. The first kappa shape index (κ1) is 16.2. The van der Waals surface area contributed by atoms with Crippen LogP contribution in [0.3, 0.4) is 0 Å². The molecule has 1 rings (SSSR count). The van der Waals surface area contributed by atoms with Crippen molar-refractivity contribution in [2.45, 2.75) is 54.8 Å².